The summed E-state index contributed by atoms with van der Waals surface area (Å²) in [5.41, 5.74) is 12.6. The molecule has 2 aromatic heterocycles. The SMILES string of the molecule is O=S1c2ccccc2-c2cccc(-c3ccc(-n4c5ccccc5c5cc(-c6ccc(-c7nc(-c8ccccc8)nc(-c8ccccc8)n7)cc6)ccc54)cc3)c21. The molecular weight excluding hydrogens is 717 g/mol. The van der Waals surface area contributed by atoms with Crippen molar-refractivity contribution in [2.45, 2.75) is 9.79 Å². The van der Waals surface area contributed by atoms with Gasteiger partial charge in [-0.2, -0.15) is 0 Å². The molecule has 0 fully saturated rings. The maximum atomic E-state index is 13.7. The van der Waals surface area contributed by atoms with Crippen molar-refractivity contribution < 1.29 is 4.21 Å². The van der Waals surface area contributed by atoms with Crippen molar-refractivity contribution in [2.75, 3.05) is 0 Å². The van der Waals surface area contributed by atoms with Crippen molar-refractivity contribution in [1.29, 1.82) is 0 Å². The highest BCUT2D eigenvalue weighted by molar-refractivity contribution is 7.86. The molecule has 10 aromatic rings. The van der Waals surface area contributed by atoms with Crippen LogP contribution in [0, 0.1) is 0 Å². The maximum absolute atomic E-state index is 13.7. The van der Waals surface area contributed by atoms with Crippen LogP contribution in [0.5, 0.6) is 0 Å². The van der Waals surface area contributed by atoms with Gasteiger partial charge in [0.1, 0.15) is 0 Å². The summed E-state index contributed by atoms with van der Waals surface area (Å²) in [6, 6.07) is 66.8. The van der Waals surface area contributed by atoms with E-state index in [1.54, 1.807) is 0 Å². The lowest BCUT2D eigenvalue weighted by Gasteiger charge is -2.12. The zero-order chi connectivity index (χ0) is 37.9. The lowest BCUT2D eigenvalue weighted by molar-refractivity contribution is 0.685. The Morgan fingerprint density at radius 3 is 1.58 bits per heavy atom. The van der Waals surface area contributed by atoms with Gasteiger partial charge in [-0.25, -0.2) is 19.2 Å². The third-order valence-corrected chi connectivity index (χ3v) is 12.4. The Kier molecular flexibility index (Phi) is 7.83. The standard InChI is InChI=1S/C51H32N4OS/c56-57-47-21-10-8-17-42(47)43-19-11-18-40(48(43)57)34-26-29-39(30-27-34)55-45-20-9-7-16-41(45)44-32-38(28-31-46(44)55)33-22-24-37(25-23-33)51-53-49(35-12-3-1-4-13-35)52-50(54-51)36-14-5-2-6-15-36/h1-32H. The van der Waals surface area contributed by atoms with E-state index < -0.39 is 10.8 Å². The summed E-state index contributed by atoms with van der Waals surface area (Å²) in [7, 11) is -1.22. The zero-order valence-electron chi connectivity index (χ0n) is 30.6. The number of para-hydroxylation sites is 1. The van der Waals surface area contributed by atoms with E-state index in [-0.39, 0.29) is 0 Å². The van der Waals surface area contributed by atoms with Crippen LogP contribution < -0.4 is 0 Å². The summed E-state index contributed by atoms with van der Waals surface area (Å²) in [6.45, 7) is 0. The van der Waals surface area contributed by atoms with Crippen LogP contribution in [-0.4, -0.2) is 23.7 Å². The quantitative estimate of drug-likeness (QED) is 0.170. The second-order valence-electron chi connectivity index (χ2n) is 14.2. The van der Waals surface area contributed by atoms with Gasteiger partial charge in [0.05, 0.1) is 31.6 Å². The highest BCUT2D eigenvalue weighted by atomic mass is 32.2. The number of hydrogen-bond acceptors (Lipinski definition) is 4. The van der Waals surface area contributed by atoms with Gasteiger partial charge in [-0.1, -0.05) is 158 Å². The van der Waals surface area contributed by atoms with Crippen LogP contribution in [0.2, 0.25) is 0 Å². The number of benzene rings is 8. The van der Waals surface area contributed by atoms with Crippen LogP contribution >= 0.6 is 0 Å². The Bertz CT molecular complexity index is 3120. The highest BCUT2D eigenvalue weighted by Gasteiger charge is 2.28. The maximum Gasteiger partial charge on any atom is 0.164 e. The summed E-state index contributed by atoms with van der Waals surface area (Å²) in [6.07, 6.45) is 0. The molecule has 11 rings (SSSR count). The first-order valence-corrected chi connectivity index (χ1v) is 20.1. The third kappa shape index (κ3) is 5.61. The minimum absolute atomic E-state index is 0.633. The van der Waals surface area contributed by atoms with Gasteiger partial charge in [-0.15, -0.1) is 0 Å². The van der Waals surface area contributed by atoms with E-state index in [4.69, 9.17) is 15.0 Å². The Balaban J connectivity index is 0.947. The first-order valence-electron chi connectivity index (χ1n) is 18.9. The number of rotatable bonds is 6. The Morgan fingerprint density at radius 1 is 0.368 bits per heavy atom. The van der Waals surface area contributed by atoms with Gasteiger partial charge in [0.15, 0.2) is 17.5 Å². The molecule has 5 nitrogen and oxygen atoms in total. The topological polar surface area (TPSA) is 60.7 Å². The molecule has 0 radical (unpaired) electrons. The first kappa shape index (κ1) is 33.1. The number of fused-ring (bicyclic) bond motifs is 6. The summed E-state index contributed by atoms with van der Waals surface area (Å²) >= 11 is 0. The minimum Gasteiger partial charge on any atom is -0.309 e. The van der Waals surface area contributed by atoms with Crippen molar-refractivity contribution >= 4 is 32.6 Å². The van der Waals surface area contributed by atoms with Gasteiger partial charge in [0.2, 0.25) is 0 Å². The van der Waals surface area contributed by atoms with Crippen molar-refractivity contribution in [3.63, 3.8) is 0 Å². The first-order chi connectivity index (χ1) is 28.2. The molecule has 3 heterocycles. The summed E-state index contributed by atoms with van der Waals surface area (Å²) in [5, 5.41) is 2.37. The largest absolute Gasteiger partial charge is 0.309 e. The Hall–Kier alpha value is -7.28. The van der Waals surface area contributed by atoms with Gasteiger partial charge >= 0.3 is 0 Å². The fourth-order valence-corrected chi connectivity index (χ4v) is 9.67. The second-order valence-corrected chi connectivity index (χ2v) is 15.6. The molecule has 1 aliphatic heterocycles. The molecule has 8 aromatic carbocycles. The van der Waals surface area contributed by atoms with Crippen LogP contribution in [0.15, 0.2) is 204 Å². The lowest BCUT2D eigenvalue weighted by atomic mass is 9.99. The molecule has 268 valence electrons. The van der Waals surface area contributed by atoms with E-state index in [1.807, 2.05) is 78.9 Å². The molecule has 0 spiro atoms. The average Bonchev–Trinajstić information content (AvgIpc) is 3.78. The predicted molar refractivity (Wildman–Crippen MR) is 231 cm³/mol. The van der Waals surface area contributed by atoms with E-state index in [0.717, 1.165) is 76.6 Å². The van der Waals surface area contributed by atoms with Gasteiger partial charge in [0.25, 0.3) is 0 Å². The van der Waals surface area contributed by atoms with Gasteiger partial charge in [-0.3, -0.25) is 0 Å². The fourth-order valence-electron chi connectivity index (χ4n) is 8.11. The van der Waals surface area contributed by atoms with E-state index >= 15 is 0 Å². The van der Waals surface area contributed by atoms with Crippen molar-refractivity contribution in [3.05, 3.63) is 194 Å². The smallest absolute Gasteiger partial charge is 0.164 e. The molecular formula is C51H32N4OS. The van der Waals surface area contributed by atoms with Crippen LogP contribution in [0.4, 0.5) is 0 Å². The lowest BCUT2D eigenvalue weighted by Crippen LogP contribution is -2.00. The van der Waals surface area contributed by atoms with Gasteiger partial charge in [-0.05, 0) is 64.2 Å². The fraction of sp³-hybridized carbons (Fsp3) is 0. The summed E-state index contributed by atoms with van der Waals surface area (Å²) < 4.78 is 16.0. The van der Waals surface area contributed by atoms with E-state index in [0.29, 0.717) is 17.5 Å². The predicted octanol–water partition coefficient (Wildman–Crippen LogP) is 12.5. The third-order valence-electron chi connectivity index (χ3n) is 10.9. The zero-order valence-corrected chi connectivity index (χ0v) is 31.4. The molecule has 0 N–H and O–H groups in total. The molecule has 0 amide bonds. The van der Waals surface area contributed by atoms with Crippen molar-refractivity contribution in [3.8, 4) is 73.2 Å². The normalized spacial score (nSPS) is 13.2. The number of hydrogen-bond donors (Lipinski definition) is 0. The van der Waals surface area contributed by atoms with Crippen LogP contribution in [0.1, 0.15) is 0 Å². The molecule has 57 heavy (non-hydrogen) atoms. The molecule has 0 bridgehead atoms. The molecule has 6 heteroatoms. The molecule has 1 aliphatic rings. The second kappa shape index (κ2) is 13.5. The highest BCUT2D eigenvalue weighted by Crippen LogP contribution is 2.45. The van der Waals surface area contributed by atoms with Crippen LogP contribution in [0.3, 0.4) is 0 Å². The van der Waals surface area contributed by atoms with Gasteiger partial charge in [0, 0.05) is 38.7 Å². The molecule has 0 saturated carbocycles. The monoisotopic (exact) mass is 748 g/mol. The average molecular weight is 749 g/mol. The van der Waals surface area contributed by atoms with Crippen LogP contribution in [-0.2, 0) is 10.8 Å². The van der Waals surface area contributed by atoms with E-state index in [2.05, 4.69) is 120 Å². The van der Waals surface area contributed by atoms with E-state index in [9.17, 15) is 4.21 Å². The Labute approximate surface area is 332 Å². The molecule has 0 aliphatic carbocycles. The summed E-state index contributed by atoms with van der Waals surface area (Å²) in [5.74, 6) is 1.92. The van der Waals surface area contributed by atoms with Gasteiger partial charge < -0.3 is 4.57 Å². The van der Waals surface area contributed by atoms with E-state index in [1.165, 1.54) is 10.8 Å². The minimum atomic E-state index is -1.22. The van der Waals surface area contributed by atoms with Crippen molar-refractivity contribution in [2.24, 2.45) is 0 Å². The molecule has 1 atom stereocenters. The molecule has 1 unspecified atom stereocenters. The molecule has 0 saturated heterocycles. The number of nitrogens with zero attached hydrogens (tertiary/aromatic N) is 4. The summed E-state index contributed by atoms with van der Waals surface area (Å²) in [4.78, 5) is 16.5. The number of aromatic nitrogens is 4. The van der Waals surface area contributed by atoms with Crippen LogP contribution in [0.25, 0.3) is 95.0 Å². The van der Waals surface area contributed by atoms with Crippen molar-refractivity contribution in [1.82, 2.24) is 19.5 Å². The Morgan fingerprint density at radius 2 is 0.877 bits per heavy atom.